The van der Waals surface area contributed by atoms with Gasteiger partial charge in [0.25, 0.3) is 0 Å². The van der Waals surface area contributed by atoms with Crippen LogP contribution in [0, 0.1) is 0 Å². The Kier molecular flexibility index (Phi) is 5.33. The Labute approximate surface area is 119 Å². The van der Waals surface area contributed by atoms with E-state index < -0.39 is 0 Å². The van der Waals surface area contributed by atoms with Crippen molar-refractivity contribution in [3.63, 3.8) is 0 Å². The second-order valence-corrected chi connectivity index (χ2v) is 4.74. The zero-order chi connectivity index (χ0) is 14.2. The van der Waals surface area contributed by atoms with Gasteiger partial charge in [-0.15, -0.1) is 0 Å². The second-order valence-electron chi connectivity index (χ2n) is 4.74. The molecule has 0 saturated heterocycles. The average Bonchev–Trinajstić information content (AvgIpc) is 2.49. The lowest BCUT2D eigenvalue weighted by Gasteiger charge is -2.12. The molecule has 0 aliphatic carbocycles. The smallest absolute Gasteiger partial charge is 0.338 e. The normalized spacial score (nSPS) is 11.8. The molecule has 3 heteroatoms. The maximum atomic E-state index is 11.7. The molecule has 20 heavy (non-hydrogen) atoms. The summed E-state index contributed by atoms with van der Waals surface area (Å²) in [5.41, 5.74) is 7.82. The van der Waals surface area contributed by atoms with E-state index in [-0.39, 0.29) is 12.0 Å². The van der Waals surface area contributed by atoms with E-state index in [1.165, 1.54) is 5.56 Å². The van der Waals surface area contributed by atoms with Crippen molar-refractivity contribution in [2.75, 3.05) is 6.61 Å². The molecular weight excluding hydrogens is 250 g/mol. The Bertz CT molecular complexity index is 525. The molecule has 0 saturated carbocycles. The third kappa shape index (κ3) is 4.52. The number of ether oxygens (including phenoxy) is 1. The van der Waals surface area contributed by atoms with Crippen LogP contribution in [-0.4, -0.2) is 18.6 Å². The predicted octanol–water partition coefficient (Wildman–Crippen LogP) is 2.80. The van der Waals surface area contributed by atoms with Gasteiger partial charge in [0.15, 0.2) is 0 Å². The molecular formula is C17H19NO2. The second kappa shape index (κ2) is 7.46. The van der Waals surface area contributed by atoms with Gasteiger partial charge < -0.3 is 10.5 Å². The van der Waals surface area contributed by atoms with Crippen molar-refractivity contribution in [2.45, 2.75) is 18.9 Å². The van der Waals surface area contributed by atoms with Gasteiger partial charge in [-0.05, 0) is 30.5 Å². The molecule has 0 aliphatic heterocycles. The molecule has 2 aromatic carbocycles. The summed E-state index contributed by atoms with van der Waals surface area (Å²) >= 11 is 0. The van der Waals surface area contributed by atoms with Crippen LogP contribution in [0.3, 0.4) is 0 Å². The van der Waals surface area contributed by atoms with Gasteiger partial charge in [0, 0.05) is 6.04 Å². The molecule has 1 atom stereocenters. The van der Waals surface area contributed by atoms with E-state index in [1.807, 2.05) is 36.4 Å². The van der Waals surface area contributed by atoms with Crippen molar-refractivity contribution in [1.29, 1.82) is 0 Å². The van der Waals surface area contributed by atoms with Crippen LogP contribution in [0.4, 0.5) is 0 Å². The SMILES string of the molecule is N[C@@H](CCOC(=O)c1ccccc1)Cc1ccccc1. The Hall–Kier alpha value is -2.13. The highest BCUT2D eigenvalue weighted by Gasteiger charge is 2.08. The van der Waals surface area contributed by atoms with Crippen molar-refractivity contribution in [1.82, 2.24) is 0 Å². The van der Waals surface area contributed by atoms with E-state index in [1.54, 1.807) is 12.1 Å². The van der Waals surface area contributed by atoms with Gasteiger partial charge in [-0.3, -0.25) is 0 Å². The van der Waals surface area contributed by atoms with Crippen LogP contribution >= 0.6 is 0 Å². The van der Waals surface area contributed by atoms with Crippen LogP contribution in [0.5, 0.6) is 0 Å². The van der Waals surface area contributed by atoms with E-state index in [2.05, 4.69) is 12.1 Å². The number of hydrogen-bond donors (Lipinski definition) is 1. The summed E-state index contributed by atoms with van der Waals surface area (Å²) in [4.78, 5) is 11.7. The number of esters is 1. The summed E-state index contributed by atoms with van der Waals surface area (Å²) < 4.78 is 5.22. The van der Waals surface area contributed by atoms with Crippen molar-refractivity contribution in [3.8, 4) is 0 Å². The summed E-state index contributed by atoms with van der Waals surface area (Å²) in [6.07, 6.45) is 1.46. The molecule has 104 valence electrons. The fourth-order valence-corrected chi connectivity index (χ4v) is 1.98. The van der Waals surface area contributed by atoms with Crippen molar-refractivity contribution in [3.05, 3.63) is 71.8 Å². The number of rotatable bonds is 6. The van der Waals surface area contributed by atoms with Gasteiger partial charge in [-0.2, -0.15) is 0 Å². The molecule has 0 aliphatic rings. The van der Waals surface area contributed by atoms with Crippen LogP contribution in [-0.2, 0) is 11.2 Å². The molecule has 0 heterocycles. The molecule has 0 bridgehead atoms. The molecule has 0 unspecified atom stereocenters. The molecule has 2 N–H and O–H groups in total. The van der Waals surface area contributed by atoms with E-state index in [9.17, 15) is 4.79 Å². The van der Waals surface area contributed by atoms with Gasteiger partial charge in [0.1, 0.15) is 0 Å². The number of benzene rings is 2. The molecule has 2 rings (SSSR count). The minimum absolute atomic E-state index is 0.000901. The number of carbonyl (C=O) groups is 1. The summed E-state index contributed by atoms with van der Waals surface area (Å²) in [7, 11) is 0. The van der Waals surface area contributed by atoms with Crippen LogP contribution in [0.1, 0.15) is 22.3 Å². The fourth-order valence-electron chi connectivity index (χ4n) is 1.98. The lowest BCUT2D eigenvalue weighted by Crippen LogP contribution is -2.25. The number of nitrogens with two attached hydrogens (primary N) is 1. The van der Waals surface area contributed by atoms with E-state index in [4.69, 9.17) is 10.5 Å². The zero-order valence-electron chi connectivity index (χ0n) is 11.4. The summed E-state index contributed by atoms with van der Waals surface area (Å²) in [6.45, 7) is 0.349. The van der Waals surface area contributed by atoms with Crippen molar-refractivity contribution >= 4 is 5.97 Å². The monoisotopic (exact) mass is 269 g/mol. The summed E-state index contributed by atoms with van der Waals surface area (Å²) in [5, 5.41) is 0. The van der Waals surface area contributed by atoms with Gasteiger partial charge in [0.2, 0.25) is 0 Å². The van der Waals surface area contributed by atoms with Gasteiger partial charge in [-0.1, -0.05) is 48.5 Å². The quantitative estimate of drug-likeness (QED) is 0.820. The number of carbonyl (C=O) groups excluding carboxylic acids is 1. The first-order valence-corrected chi connectivity index (χ1v) is 6.77. The van der Waals surface area contributed by atoms with Gasteiger partial charge in [0.05, 0.1) is 12.2 Å². The maximum Gasteiger partial charge on any atom is 0.338 e. The standard InChI is InChI=1S/C17H19NO2/c18-16(13-14-7-3-1-4-8-14)11-12-20-17(19)15-9-5-2-6-10-15/h1-10,16H,11-13,18H2/t16-/m0/s1. The highest BCUT2D eigenvalue weighted by Crippen LogP contribution is 2.06. The minimum Gasteiger partial charge on any atom is -0.462 e. The largest absolute Gasteiger partial charge is 0.462 e. The predicted molar refractivity (Wildman–Crippen MR) is 79.5 cm³/mol. The highest BCUT2D eigenvalue weighted by molar-refractivity contribution is 5.89. The summed E-state index contributed by atoms with van der Waals surface area (Å²) in [6, 6.07) is 19.1. The molecule has 0 aromatic heterocycles. The zero-order valence-corrected chi connectivity index (χ0v) is 11.4. The van der Waals surface area contributed by atoms with Crippen LogP contribution in [0.15, 0.2) is 60.7 Å². The van der Waals surface area contributed by atoms with E-state index >= 15 is 0 Å². The third-order valence-electron chi connectivity index (χ3n) is 3.07. The van der Waals surface area contributed by atoms with Crippen LogP contribution < -0.4 is 5.73 Å². The molecule has 0 fully saturated rings. The number of hydrogen-bond acceptors (Lipinski definition) is 3. The minimum atomic E-state index is -0.294. The lowest BCUT2D eigenvalue weighted by molar-refractivity contribution is 0.0494. The molecule has 0 spiro atoms. The lowest BCUT2D eigenvalue weighted by atomic mass is 10.0. The molecule has 2 aromatic rings. The molecule has 0 amide bonds. The van der Waals surface area contributed by atoms with Gasteiger partial charge in [-0.25, -0.2) is 4.79 Å². The van der Waals surface area contributed by atoms with Crippen LogP contribution in [0.2, 0.25) is 0 Å². The van der Waals surface area contributed by atoms with Crippen LogP contribution in [0.25, 0.3) is 0 Å². The fraction of sp³-hybridized carbons (Fsp3) is 0.235. The van der Waals surface area contributed by atoms with E-state index in [0.29, 0.717) is 18.6 Å². The molecule has 3 nitrogen and oxygen atoms in total. The maximum absolute atomic E-state index is 11.7. The Morgan fingerprint density at radius 3 is 2.25 bits per heavy atom. The average molecular weight is 269 g/mol. The summed E-state index contributed by atoms with van der Waals surface area (Å²) in [5.74, 6) is -0.294. The Morgan fingerprint density at radius 2 is 1.60 bits per heavy atom. The highest BCUT2D eigenvalue weighted by atomic mass is 16.5. The van der Waals surface area contributed by atoms with Gasteiger partial charge >= 0.3 is 5.97 Å². The topological polar surface area (TPSA) is 52.3 Å². The molecule has 0 radical (unpaired) electrons. The van der Waals surface area contributed by atoms with Crippen molar-refractivity contribution < 1.29 is 9.53 Å². The first-order valence-electron chi connectivity index (χ1n) is 6.77. The Morgan fingerprint density at radius 1 is 1.00 bits per heavy atom. The Balaban J connectivity index is 1.72. The third-order valence-corrected chi connectivity index (χ3v) is 3.07. The first kappa shape index (κ1) is 14.3. The first-order chi connectivity index (χ1) is 9.75. The van der Waals surface area contributed by atoms with E-state index in [0.717, 1.165) is 6.42 Å². The van der Waals surface area contributed by atoms with Crippen molar-refractivity contribution in [2.24, 2.45) is 5.73 Å².